The van der Waals surface area contributed by atoms with Gasteiger partial charge in [-0.25, -0.2) is 4.79 Å². The maximum atomic E-state index is 12.3. The van der Waals surface area contributed by atoms with E-state index in [-0.39, 0.29) is 12.3 Å². The summed E-state index contributed by atoms with van der Waals surface area (Å²) >= 11 is 0. The lowest BCUT2D eigenvalue weighted by Crippen LogP contribution is -2.53. The van der Waals surface area contributed by atoms with Crippen LogP contribution < -0.4 is 22.1 Å². The number of rotatable bonds is 9. The number of likely N-dealkylation sites (tertiary alicyclic amines) is 1. The molecule has 27 heavy (non-hydrogen) atoms. The first-order valence-electron chi connectivity index (χ1n) is 8.68. The van der Waals surface area contributed by atoms with Crippen LogP contribution in [0.15, 0.2) is 0 Å². The van der Waals surface area contributed by atoms with E-state index in [1.54, 1.807) is 13.8 Å². The SMILES string of the molecule is CC(C)C(NC(=O)CNC(=O)C1CCCN1C(=O)C(N)CC(N)=O)C(=O)O. The van der Waals surface area contributed by atoms with Crippen LogP contribution in [0.25, 0.3) is 0 Å². The molecule has 1 aliphatic heterocycles. The average Bonchev–Trinajstić information content (AvgIpc) is 3.05. The molecule has 0 spiro atoms. The molecule has 1 aliphatic rings. The number of aliphatic carboxylic acids is 1. The molecule has 7 N–H and O–H groups in total. The molecule has 1 rings (SSSR count). The quantitative estimate of drug-likeness (QED) is 0.291. The summed E-state index contributed by atoms with van der Waals surface area (Å²) in [5.74, 6) is -3.95. The van der Waals surface area contributed by atoms with E-state index in [0.29, 0.717) is 19.4 Å². The van der Waals surface area contributed by atoms with E-state index in [4.69, 9.17) is 16.6 Å². The average molecular weight is 385 g/mol. The van der Waals surface area contributed by atoms with Gasteiger partial charge in [-0.2, -0.15) is 0 Å². The Kier molecular flexibility index (Phi) is 8.16. The van der Waals surface area contributed by atoms with Crippen molar-refractivity contribution in [3.8, 4) is 0 Å². The number of carboxylic acids is 1. The lowest BCUT2D eigenvalue weighted by atomic mass is 10.0. The molecule has 1 heterocycles. The minimum atomic E-state index is -1.17. The highest BCUT2D eigenvalue weighted by atomic mass is 16.4. The molecule has 0 aliphatic carbocycles. The fourth-order valence-electron chi connectivity index (χ4n) is 2.84. The first-order valence-corrected chi connectivity index (χ1v) is 8.68. The number of primary amides is 1. The number of hydrogen-bond donors (Lipinski definition) is 5. The van der Waals surface area contributed by atoms with E-state index in [1.165, 1.54) is 4.90 Å². The van der Waals surface area contributed by atoms with Crippen molar-refractivity contribution in [2.75, 3.05) is 13.1 Å². The van der Waals surface area contributed by atoms with Gasteiger partial charge in [0, 0.05) is 6.54 Å². The maximum absolute atomic E-state index is 12.3. The van der Waals surface area contributed by atoms with Crippen LogP contribution >= 0.6 is 0 Å². The number of carboxylic acid groups (broad SMARTS) is 1. The first-order chi connectivity index (χ1) is 12.5. The molecule has 0 bridgehead atoms. The topological polar surface area (TPSA) is 185 Å². The molecule has 0 radical (unpaired) electrons. The van der Waals surface area contributed by atoms with Crippen molar-refractivity contribution in [2.24, 2.45) is 17.4 Å². The third kappa shape index (κ3) is 6.51. The lowest BCUT2D eigenvalue weighted by Gasteiger charge is -2.26. The fraction of sp³-hybridized carbons (Fsp3) is 0.688. The van der Waals surface area contributed by atoms with Crippen LogP contribution in [-0.4, -0.2) is 70.8 Å². The van der Waals surface area contributed by atoms with Gasteiger partial charge in [-0.15, -0.1) is 0 Å². The zero-order chi connectivity index (χ0) is 20.7. The number of nitrogens with two attached hydrogens (primary N) is 2. The number of carbonyl (C=O) groups is 5. The van der Waals surface area contributed by atoms with Crippen molar-refractivity contribution in [1.29, 1.82) is 0 Å². The highest BCUT2D eigenvalue weighted by molar-refractivity contribution is 5.94. The van der Waals surface area contributed by atoms with Gasteiger partial charge in [0.05, 0.1) is 19.0 Å². The molecule has 0 aromatic carbocycles. The first kappa shape index (κ1) is 22.4. The summed E-state index contributed by atoms with van der Waals surface area (Å²) in [6.45, 7) is 3.19. The van der Waals surface area contributed by atoms with E-state index in [1.807, 2.05) is 0 Å². The third-order valence-corrected chi connectivity index (χ3v) is 4.25. The Balaban J connectivity index is 2.60. The molecule has 11 nitrogen and oxygen atoms in total. The Bertz CT molecular complexity index is 608. The van der Waals surface area contributed by atoms with Crippen molar-refractivity contribution in [1.82, 2.24) is 15.5 Å². The van der Waals surface area contributed by atoms with Gasteiger partial charge in [-0.05, 0) is 18.8 Å². The second-order valence-electron chi connectivity index (χ2n) is 6.81. The van der Waals surface area contributed by atoms with Gasteiger partial charge in [0.2, 0.25) is 23.6 Å². The Morgan fingerprint density at radius 2 is 1.85 bits per heavy atom. The van der Waals surface area contributed by atoms with Crippen molar-refractivity contribution in [3.05, 3.63) is 0 Å². The maximum Gasteiger partial charge on any atom is 0.326 e. The Hall–Kier alpha value is -2.69. The number of hydrogen-bond acceptors (Lipinski definition) is 6. The van der Waals surface area contributed by atoms with Gasteiger partial charge in [0.1, 0.15) is 12.1 Å². The highest BCUT2D eigenvalue weighted by Crippen LogP contribution is 2.18. The molecule has 1 fully saturated rings. The molecule has 4 amide bonds. The number of carbonyl (C=O) groups excluding carboxylic acids is 4. The van der Waals surface area contributed by atoms with Crippen molar-refractivity contribution >= 4 is 29.6 Å². The van der Waals surface area contributed by atoms with Gasteiger partial charge in [-0.1, -0.05) is 13.8 Å². The third-order valence-electron chi connectivity index (χ3n) is 4.25. The lowest BCUT2D eigenvalue weighted by molar-refractivity contribution is -0.143. The summed E-state index contributed by atoms with van der Waals surface area (Å²) < 4.78 is 0. The second-order valence-corrected chi connectivity index (χ2v) is 6.81. The van der Waals surface area contributed by atoms with Crippen molar-refractivity contribution in [2.45, 2.75) is 51.2 Å². The number of nitrogens with zero attached hydrogens (tertiary/aromatic N) is 1. The minimum Gasteiger partial charge on any atom is -0.480 e. The number of nitrogens with one attached hydrogen (secondary N) is 2. The molecule has 152 valence electrons. The standard InChI is InChI=1S/C16H27N5O6/c1-8(2)13(16(26)27)20-12(23)7-19-14(24)10-4-3-5-21(10)15(25)9(17)6-11(18)22/h8-10,13H,3-7,17H2,1-2H3,(H2,18,22)(H,19,24)(H,20,23)(H,26,27). The molecular weight excluding hydrogens is 358 g/mol. The van der Waals surface area contributed by atoms with Crippen LogP contribution in [0.5, 0.6) is 0 Å². The molecule has 0 aromatic heterocycles. The van der Waals surface area contributed by atoms with Gasteiger partial charge < -0.3 is 32.1 Å². The van der Waals surface area contributed by atoms with Crippen LogP contribution in [0.1, 0.15) is 33.1 Å². The predicted octanol–water partition coefficient (Wildman–Crippen LogP) is -2.48. The summed E-state index contributed by atoms with van der Waals surface area (Å²) in [6, 6.07) is -2.99. The molecule has 3 atom stereocenters. The largest absolute Gasteiger partial charge is 0.480 e. The Labute approximate surface area is 156 Å². The summed E-state index contributed by atoms with van der Waals surface area (Å²) in [5, 5.41) is 13.8. The molecular formula is C16H27N5O6. The Morgan fingerprint density at radius 1 is 1.22 bits per heavy atom. The van der Waals surface area contributed by atoms with E-state index < -0.39 is 54.3 Å². The van der Waals surface area contributed by atoms with Crippen LogP contribution in [0.2, 0.25) is 0 Å². The van der Waals surface area contributed by atoms with Crippen LogP contribution in [0.3, 0.4) is 0 Å². The second kappa shape index (κ2) is 9.86. The smallest absolute Gasteiger partial charge is 0.326 e. The van der Waals surface area contributed by atoms with Gasteiger partial charge in [0.25, 0.3) is 0 Å². The van der Waals surface area contributed by atoms with E-state index in [9.17, 15) is 24.0 Å². The van der Waals surface area contributed by atoms with Crippen molar-refractivity contribution < 1.29 is 29.1 Å². The van der Waals surface area contributed by atoms with Crippen LogP contribution in [0, 0.1) is 5.92 Å². The highest BCUT2D eigenvalue weighted by Gasteiger charge is 2.36. The zero-order valence-corrected chi connectivity index (χ0v) is 15.4. The molecule has 11 heteroatoms. The molecule has 0 saturated carbocycles. The van der Waals surface area contributed by atoms with Gasteiger partial charge in [0.15, 0.2) is 0 Å². The summed E-state index contributed by atoms with van der Waals surface area (Å²) in [6.07, 6.45) is 0.651. The number of amides is 4. The van der Waals surface area contributed by atoms with E-state index >= 15 is 0 Å². The van der Waals surface area contributed by atoms with Crippen LogP contribution in [0.4, 0.5) is 0 Å². The normalized spacial score (nSPS) is 18.7. The predicted molar refractivity (Wildman–Crippen MR) is 93.9 cm³/mol. The summed E-state index contributed by atoms with van der Waals surface area (Å²) in [7, 11) is 0. The summed E-state index contributed by atoms with van der Waals surface area (Å²) in [4.78, 5) is 59.8. The molecule has 0 aromatic rings. The zero-order valence-electron chi connectivity index (χ0n) is 15.4. The molecule has 1 saturated heterocycles. The van der Waals surface area contributed by atoms with E-state index in [2.05, 4.69) is 10.6 Å². The van der Waals surface area contributed by atoms with Gasteiger partial charge >= 0.3 is 5.97 Å². The van der Waals surface area contributed by atoms with Crippen molar-refractivity contribution in [3.63, 3.8) is 0 Å². The van der Waals surface area contributed by atoms with E-state index in [0.717, 1.165) is 0 Å². The Morgan fingerprint density at radius 3 is 2.37 bits per heavy atom. The minimum absolute atomic E-state index is 0.310. The monoisotopic (exact) mass is 385 g/mol. The summed E-state index contributed by atoms with van der Waals surface area (Å²) in [5.41, 5.74) is 10.7. The van der Waals surface area contributed by atoms with Crippen LogP contribution in [-0.2, 0) is 24.0 Å². The van der Waals surface area contributed by atoms with Gasteiger partial charge in [-0.3, -0.25) is 19.2 Å². The molecule has 3 unspecified atom stereocenters. The fourth-order valence-corrected chi connectivity index (χ4v) is 2.84.